The van der Waals surface area contributed by atoms with Crippen molar-refractivity contribution in [2.45, 2.75) is 207 Å². The van der Waals surface area contributed by atoms with Gasteiger partial charge < -0.3 is 14.2 Å². The zero-order valence-corrected chi connectivity index (χ0v) is 29.9. The van der Waals surface area contributed by atoms with Gasteiger partial charge in [0, 0.05) is 19.8 Å². The van der Waals surface area contributed by atoms with Gasteiger partial charge >= 0.3 is 17.9 Å². The molecule has 0 radical (unpaired) electrons. The Bertz CT molecular complexity index is 704. The number of esters is 3. The van der Waals surface area contributed by atoms with Crippen LogP contribution < -0.4 is 0 Å². The zero-order chi connectivity index (χ0) is 33.1. The van der Waals surface area contributed by atoms with Crippen molar-refractivity contribution in [3.8, 4) is 0 Å². The molecule has 0 aromatic heterocycles. The number of allylic oxidation sites excluding steroid dienone is 2. The highest BCUT2D eigenvalue weighted by Gasteiger charge is 2.18. The number of hydrogen-bond donors (Lipinski definition) is 0. The van der Waals surface area contributed by atoms with Crippen LogP contribution in [0.15, 0.2) is 12.2 Å². The number of carbonyl (C=O) groups excluding carboxylic acids is 3. The molecule has 0 rings (SSSR count). The molecule has 0 aliphatic heterocycles. The summed E-state index contributed by atoms with van der Waals surface area (Å²) in [5.74, 6) is -1.08. The van der Waals surface area contributed by atoms with Crippen molar-refractivity contribution in [1.29, 1.82) is 0 Å². The lowest BCUT2D eigenvalue weighted by molar-refractivity contribution is -0.166. The molecule has 0 fully saturated rings. The average Bonchev–Trinajstić information content (AvgIpc) is 3.02. The quantitative estimate of drug-likeness (QED) is 0.0303. The van der Waals surface area contributed by atoms with E-state index in [1.54, 1.807) is 0 Å². The normalized spacial score (nSPS) is 12.0. The van der Waals surface area contributed by atoms with Gasteiger partial charge in [0.25, 0.3) is 0 Å². The van der Waals surface area contributed by atoms with Crippen molar-refractivity contribution in [2.24, 2.45) is 0 Å². The molecule has 0 spiro atoms. The lowest BCUT2D eigenvalue weighted by Crippen LogP contribution is -2.30. The van der Waals surface area contributed by atoms with Crippen LogP contribution in [0.4, 0.5) is 0 Å². The Hall–Kier alpha value is -1.85. The molecule has 0 amide bonds. The molecule has 0 saturated heterocycles. The van der Waals surface area contributed by atoms with E-state index in [2.05, 4.69) is 26.0 Å². The minimum Gasteiger partial charge on any atom is -0.462 e. The molecule has 1 atom stereocenters. The van der Waals surface area contributed by atoms with Crippen LogP contribution in [0.25, 0.3) is 0 Å². The highest BCUT2D eigenvalue weighted by atomic mass is 16.6. The second kappa shape index (κ2) is 35.0. The highest BCUT2D eigenvalue weighted by molar-refractivity contribution is 5.70. The second-order valence-corrected chi connectivity index (χ2v) is 12.9. The van der Waals surface area contributed by atoms with Gasteiger partial charge in [0.2, 0.25) is 0 Å². The number of hydrogen-bond acceptors (Lipinski definition) is 6. The van der Waals surface area contributed by atoms with E-state index in [9.17, 15) is 14.4 Å². The van der Waals surface area contributed by atoms with Gasteiger partial charge in [-0.25, -0.2) is 0 Å². The van der Waals surface area contributed by atoms with Gasteiger partial charge in [-0.2, -0.15) is 0 Å². The van der Waals surface area contributed by atoms with E-state index in [1.807, 2.05) is 0 Å². The minimum atomic E-state index is -0.764. The Morgan fingerprint density at radius 1 is 0.467 bits per heavy atom. The predicted octanol–water partition coefficient (Wildman–Crippen LogP) is 11.5. The molecule has 45 heavy (non-hydrogen) atoms. The number of unbranched alkanes of at least 4 members (excludes halogenated alkanes) is 23. The van der Waals surface area contributed by atoms with Gasteiger partial charge in [0.15, 0.2) is 6.10 Å². The minimum absolute atomic E-state index is 0.0807. The van der Waals surface area contributed by atoms with E-state index in [1.165, 1.54) is 129 Å². The summed E-state index contributed by atoms with van der Waals surface area (Å²) < 4.78 is 15.9. The Morgan fingerprint density at radius 2 is 0.822 bits per heavy atom. The molecule has 0 aromatic rings. The van der Waals surface area contributed by atoms with Crippen LogP contribution in [0.2, 0.25) is 0 Å². The first-order valence-electron chi connectivity index (χ1n) is 19.1. The van der Waals surface area contributed by atoms with Crippen LogP contribution in [0.1, 0.15) is 201 Å². The molecule has 0 N–H and O–H groups in total. The molecule has 6 nitrogen and oxygen atoms in total. The van der Waals surface area contributed by atoms with E-state index >= 15 is 0 Å². The first-order chi connectivity index (χ1) is 22.0. The summed E-state index contributed by atoms with van der Waals surface area (Å²) >= 11 is 0. The van der Waals surface area contributed by atoms with Gasteiger partial charge in [-0.15, -0.1) is 0 Å². The topological polar surface area (TPSA) is 78.9 Å². The largest absolute Gasteiger partial charge is 0.462 e. The lowest BCUT2D eigenvalue weighted by atomic mass is 10.0. The van der Waals surface area contributed by atoms with Gasteiger partial charge in [-0.3, -0.25) is 14.4 Å². The van der Waals surface area contributed by atoms with E-state index in [4.69, 9.17) is 14.2 Å². The maximum atomic E-state index is 12.4. The first-order valence-corrected chi connectivity index (χ1v) is 19.1. The van der Waals surface area contributed by atoms with E-state index in [-0.39, 0.29) is 25.2 Å². The van der Waals surface area contributed by atoms with E-state index in [0.717, 1.165) is 44.9 Å². The third-order valence-corrected chi connectivity index (χ3v) is 8.33. The Kier molecular flexibility index (Phi) is 33.6. The molecular weight excluding hydrogens is 564 g/mol. The summed E-state index contributed by atoms with van der Waals surface area (Å²) in [6, 6.07) is 0. The van der Waals surface area contributed by atoms with Crippen LogP contribution in [-0.4, -0.2) is 37.2 Å². The molecule has 0 bridgehead atoms. The predicted molar refractivity (Wildman–Crippen MR) is 187 cm³/mol. The fourth-order valence-corrected chi connectivity index (χ4v) is 5.46. The fourth-order valence-electron chi connectivity index (χ4n) is 5.46. The molecule has 0 aliphatic rings. The molecule has 6 heteroatoms. The summed E-state index contributed by atoms with van der Waals surface area (Å²) in [7, 11) is 0. The van der Waals surface area contributed by atoms with Crippen molar-refractivity contribution < 1.29 is 28.6 Å². The molecule has 264 valence electrons. The van der Waals surface area contributed by atoms with Crippen LogP contribution in [0, 0.1) is 0 Å². The fraction of sp³-hybridized carbons (Fsp3) is 0.872. The molecular formula is C39H72O6. The second-order valence-electron chi connectivity index (χ2n) is 12.9. The Labute approximate surface area is 278 Å². The standard InChI is InChI=1S/C39H72O6/c1-4-6-8-10-12-14-16-18-19-21-23-25-27-29-31-33-39(42)45-37(34-43-36(3)40)35-44-38(41)32-30-28-26-24-22-20-17-15-13-11-9-7-5-2/h18-19,37H,4-17,20-35H2,1-3H3/t37-/m0/s1. The smallest absolute Gasteiger partial charge is 0.306 e. The maximum absolute atomic E-state index is 12.4. The summed E-state index contributed by atoms with van der Waals surface area (Å²) in [5, 5.41) is 0. The van der Waals surface area contributed by atoms with Crippen molar-refractivity contribution in [3.05, 3.63) is 12.2 Å². The van der Waals surface area contributed by atoms with Gasteiger partial charge in [0.05, 0.1) is 0 Å². The van der Waals surface area contributed by atoms with Crippen LogP contribution in [0.5, 0.6) is 0 Å². The van der Waals surface area contributed by atoms with Crippen LogP contribution >= 0.6 is 0 Å². The summed E-state index contributed by atoms with van der Waals surface area (Å²) in [4.78, 5) is 35.9. The van der Waals surface area contributed by atoms with E-state index < -0.39 is 12.1 Å². The third kappa shape index (κ3) is 34.9. The number of ether oxygens (including phenoxy) is 3. The maximum Gasteiger partial charge on any atom is 0.306 e. The Morgan fingerprint density at radius 3 is 1.24 bits per heavy atom. The molecule has 0 aromatic carbocycles. The molecule has 0 aliphatic carbocycles. The molecule has 0 heterocycles. The summed E-state index contributed by atoms with van der Waals surface area (Å²) in [5.41, 5.74) is 0. The van der Waals surface area contributed by atoms with Gasteiger partial charge in [0.1, 0.15) is 13.2 Å². The van der Waals surface area contributed by atoms with Gasteiger partial charge in [-0.05, 0) is 38.5 Å². The molecule has 0 unspecified atom stereocenters. The number of carbonyl (C=O) groups is 3. The van der Waals surface area contributed by atoms with Crippen molar-refractivity contribution in [1.82, 2.24) is 0 Å². The number of rotatable bonds is 34. The van der Waals surface area contributed by atoms with Crippen molar-refractivity contribution in [2.75, 3.05) is 13.2 Å². The molecule has 0 saturated carbocycles. The average molecular weight is 637 g/mol. The third-order valence-electron chi connectivity index (χ3n) is 8.33. The summed E-state index contributed by atoms with van der Waals surface area (Å²) in [6.07, 6.45) is 36.5. The van der Waals surface area contributed by atoms with Crippen LogP contribution in [0.3, 0.4) is 0 Å². The Balaban J connectivity index is 3.85. The SMILES string of the molecule is CCCCCCCCC=CCCCCCCCC(=O)O[C@@H](COC(C)=O)COC(=O)CCCCCCCCCCCCCCC. The van der Waals surface area contributed by atoms with Gasteiger partial charge in [-0.1, -0.05) is 154 Å². The summed E-state index contributed by atoms with van der Waals surface area (Å²) in [6.45, 7) is 5.64. The van der Waals surface area contributed by atoms with Crippen LogP contribution in [-0.2, 0) is 28.6 Å². The highest BCUT2D eigenvalue weighted by Crippen LogP contribution is 2.14. The monoisotopic (exact) mass is 637 g/mol. The zero-order valence-electron chi connectivity index (χ0n) is 29.9. The van der Waals surface area contributed by atoms with E-state index in [0.29, 0.717) is 12.8 Å². The first kappa shape index (κ1) is 43.1. The van der Waals surface area contributed by atoms with Crippen molar-refractivity contribution in [3.63, 3.8) is 0 Å². The van der Waals surface area contributed by atoms with Crippen molar-refractivity contribution >= 4 is 17.9 Å². The lowest BCUT2D eigenvalue weighted by Gasteiger charge is -2.17.